The van der Waals surface area contributed by atoms with Crippen LogP contribution in [-0.4, -0.2) is 31.7 Å². The van der Waals surface area contributed by atoms with E-state index in [1.807, 2.05) is 24.3 Å². The predicted molar refractivity (Wildman–Crippen MR) is 118 cm³/mol. The molecule has 1 amide bonds. The van der Waals surface area contributed by atoms with Crippen molar-refractivity contribution in [3.8, 4) is 0 Å². The van der Waals surface area contributed by atoms with Gasteiger partial charge in [-0.05, 0) is 59.5 Å². The molecule has 5 nitrogen and oxygen atoms in total. The number of sulfonamides is 1. The lowest BCUT2D eigenvalue weighted by atomic mass is 10.0. The van der Waals surface area contributed by atoms with Gasteiger partial charge in [-0.15, -0.1) is 11.3 Å². The lowest BCUT2D eigenvalue weighted by Crippen LogP contribution is -2.38. The first-order chi connectivity index (χ1) is 14.9. The summed E-state index contributed by atoms with van der Waals surface area (Å²) in [6, 6.07) is 13.8. The number of anilines is 1. The van der Waals surface area contributed by atoms with Crippen LogP contribution in [0.25, 0.3) is 0 Å². The molecule has 31 heavy (non-hydrogen) atoms. The normalized spacial score (nSPS) is 16.6. The summed E-state index contributed by atoms with van der Waals surface area (Å²) in [5.41, 5.74) is 3.57. The molecule has 0 aliphatic carbocycles. The highest BCUT2D eigenvalue weighted by Gasteiger charge is 2.34. The van der Waals surface area contributed by atoms with Crippen LogP contribution in [0, 0.1) is 5.82 Å². The van der Waals surface area contributed by atoms with Crippen LogP contribution in [-0.2, 0) is 29.4 Å². The van der Waals surface area contributed by atoms with Crippen LogP contribution in [0.3, 0.4) is 0 Å². The zero-order valence-electron chi connectivity index (χ0n) is 16.8. The number of aryl methyl sites for hydroxylation is 1. The van der Waals surface area contributed by atoms with E-state index in [-0.39, 0.29) is 9.77 Å². The topological polar surface area (TPSA) is 57.7 Å². The van der Waals surface area contributed by atoms with E-state index >= 15 is 0 Å². The number of carbonyl (C=O) groups is 1. The Hall–Kier alpha value is -2.55. The summed E-state index contributed by atoms with van der Waals surface area (Å²) in [6.07, 6.45) is 2.16. The van der Waals surface area contributed by atoms with Crippen molar-refractivity contribution in [3.63, 3.8) is 0 Å². The summed E-state index contributed by atoms with van der Waals surface area (Å²) in [4.78, 5) is 15.1. The van der Waals surface area contributed by atoms with Gasteiger partial charge in [-0.25, -0.2) is 12.8 Å². The molecule has 160 valence electrons. The molecule has 0 bridgehead atoms. The van der Waals surface area contributed by atoms with Gasteiger partial charge in [-0.2, -0.15) is 4.31 Å². The highest BCUT2D eigenvalue weighted by atomic mass is 32.2. The first kappa shape index (κ1) is 20.4. The van der Waals surface area contributed by atoms with E-state index in [9.17, 15) is 17.6 Å². The SMILES string of the molecule is O=C(c1sccc1S(=O)(=O)N1CCc2ccccc2C1)N1CCCc2ccc(F)cc21. The number of hydrogen-bond donors (Lipinski definition) is 0. The smallest absolute Gasteiger partial charge is 0.269 e. The average Bonchev–Trinajstić information content (AvgIpc) is 3.29. The Morgan fingerprint density at radius 1 is 0.968 bits per heavy atom. The summed E-state index contributed by atoms with van der Waals surface area (Å²) in [5, 5.41) is 1.63. The number of fused-ring (bicyclic) bond motifs is 2. The Bertz CT molecular complexity index is 1270. The van der Waals surface area contributed by atoms with Crippen molar-refractivity contribution < 1.29 is 17.6 Å². The molecule has 0 radical (unpaired) electrons. The Kier molecular flexibility index (Phi) is 5.16. The van der Waals surface area contributed by atoms with Crippen LogP contribution in [0.5, 0.6) is 0 Å². The fraction of sp³-hybridized carbons (Fsp3) is 0.261. The highest BCUT2D eigenvalue weighted by Crippen LogP contribution is 2.34. The first-order valence-corrected chi connectivity index (χ1v) is 12.5. The molecule has 2 aromatic carbocycles. The Labute approximate surface area is 184 Å². The van der Waals surface area contributed by atoms with Gasteiger partial charge in [0.1, 0.15) is 15.6 Å². The van der Waals surface area contributed by atoms with Gasteiger partial charge in [-0.3, -0.25) is 4.79 Å². The molecule has 8 heteroatoms. The maximum Gasteiger partial charge on any atom is 0.269 e. The van der Waals surface area contributed by atoms with E-state index in [1.165, 1.54) is 27.4 Å². The van der Waals surface area contributed by atoms with Crippen molar-refractivity contribution >= 4 is 33.0 Å². The molecule has 0 unspecified atom stereocenters. The molecular weight excluding hydrogens is 435 g/mol. The molecule has 3 heterocycles. The maximum absolute atomic E-state index is 13.9. The molecule has 0 saturated heterocycles. The van der Waals surface area contributed by atoms with Gasteiger partial charge >= 0.3 is 0 Å². The van der Waals surface area contributed by atoms with Gasteiger partial charge in [0.15, 0.2) is 0 Å². The largest absolute Gasteiger partial charge is 0.307 e. The summed E-state index contributed by atoms with van der Waals surface area (Å²) in [7, 11) is -3.84. The van der Waals surface area contributed by atoms with E-state index in [1.54, 1.807) is 11.4 Å². The summed E-state index contributed by atoms with van der Waals surface area (Å²) < 4.78 is 42.2. The van der Waals surface area contributed by atoms with Crippen molar-refractivity contribution in [3.05, 3.63) is 81.3 Å². The van der Waals surface area contributed by atoms with Gasteiger partial charge < -0.3 is 4.90 Å². The third-order valence-corrected chi connectivity index (χ3v) is 8.87. The van der Waals surface area contributed by atoms with Crippen LogP contribution in [0.1, 0.15) is 32.8 Å². The van der Waals surface area contributed by atoms with Crippen molar-refractivity contribution in [2.24, 2.45) is 0 Å². The van der Waals surface area contributed by atoms with Gasteiger partial charge in [0, 0.05) is 19.6 Å². The third kappa shape index (κ3) is 3.58. The van der Waals surface area contributed by atoms with Crippen LogP contribution in [0.2, 0.25) is 0 Å². The Morgan fingerprint density at radius 3 is 2.61 bits per heavy atom. The first-order valence-electron chi connectivity index (χ1n) is 10.2. The number of nitrogens with zero attached hydrogens (tertiary/aromatic N) is 2. The molecule has 0 saturated carbocycles. The van der Waals surface area contributed by atoms with Crippen molar-refractivity contribution in [1.29, 1.82) is 0 Å². The van der Waals surface area contributed by atoms with Gasteiger partial charge in [0.05, 0.1) is 5.69 Å². The maximum atomic E-state index is 13.9. The van der Waals surface area contributed by atoms with E-state index in [0.717, 1.165) is 40.9 Å². The van der Waals surface area contributed by atoms with Crippen molar-refractivity contribution in [1.82, 2.24) is 4.31 Å². The van der Waals surface area contributed by atoms with Crippen LogP contribution < -0.4 is 4.90 Å². The summed E-state index contributed by atoms with van der Waals surface area (Å²) >= 11 is 1.12. The van der Waals surface area contributed by atoms with Gasteiger partial charge in [-0.1, -0.05) is 30.3 Å². The lowest BCUT2D eigenvalue weighted by Gasteiger charge is -2.30. The molecule has 1 aromatic heterocycles. The number of carbonyl (C=O) groups excluding carboxylic acids is 1. The van der Waals surface area contributed by atoms with Crippen molar-refractivity contribution in [2.45, 2.75) is 30.7 Å². The number of thiophene rings is 1. The van der Waals surface area contributed by atoms with Crippen LogP contribution in [0.4, 0.5) is 10.1 Å². The second-order valence-corrected chi connectivity index (χ2v) is 10.6. The fourth-order valence-electron chi connectivity index (χ4n) is 4.35. The minimum atomic E-state index is -3.84. The standard InChI is InChI=1S/C23H21FN2O3S2/c24-19-8-7-17-6-3-11-26(20(17)14-19)23(27)22-21(10-13-30-22)31(28,29)25-12-9-16-4-1-2-5-18(16)15-25/h1-2,4-5,7-8,10,13-14H,3,6,9,11-12,15H2. The fourth-order valence-corrected chi connectivity index (χ4v) is 7.11. The number of rotatable bonds is 3. The minimum Gasteiger partial charge on any atom is -0.307 e. The van der Waals surface area contributed by atoms with E-state index < -0.39 is 21.7 Å². The quantitative estimate of drug-likeness (QED) is 0.593. The zero-order valence-corrected chi connectivity index (χ0v) is 18.4. The number of benzene rings is 2. The number of halogens is 1. The zero-order chi connectivity index (χ0) is 21.6. The monoisotopic (exact) mass is 456 g/mol. The van der Waals surface area contributed by atoms with E-state index in [0.29, 0.717) is 31.7 Å². The van der Waals surface area contributed by atoms with Crippen LogP contribution in [0.15, 0.2) is 58.8 Å². The molecule has 5 rings (SSSR count). The molecule has 2 aliphatic rings. The predicted octanol–water partition coefficient (Wildman–Crippen LogP) is 4.23. The molecule has 0 fully saturated rings. The van der Waals surface area contributed by atoms with Gasteiger partial charge in [0.25, 0.3) is 5.91 Å². The van der Waals surface area contributed by atoms with Gasteiger partial charge in [0.2, 0.25) is 10.0 Å². The molecule has 0 spiro atoms. The Morgan fingerprint density at radius 2 is 1.77 bits per heavy atom. The van der Waals surface area contributed by atoms with Crippen LogP contribution >= 0.6 is 11.3 Å². The molecule has 0 N–H and O–H groups in total. The second-order valence-electron chi connectivity index (χ2n) is 7.80. The summed E-state index contributed by atoms with van der Waals surface area (Å²) in [5.74, 6) is -0.804. The Balaban J connectivity index is 1.48. The molecular formula is C23H21FN2O3S2. The van der Waals surface area contributed by atoms with E-state index in [4.69, 9.17) is 0 Å². The highest BCUT2D eigenvalue weighted by molar-refractivity contribution is 7.89. The van der Waals surface area contributed by atoms with Crippen molar-refractivity contribution in [2.75, 3.05) is 18.0 Å². The minimum absolute atomic E-state index is 0.0328. The second kappa shape index (κ2) is 7.85. The molecule has 2 aliphatic heterocycles. The molecule has 0 atom stereocenters. The summed E-state index contributed by atoms with van der Waals surface area (Å²) in [6.45, 7) is 1.10. The average molecular weight is 457 g/mol. The third-order valence-electron chi connectivity index (χ3n) is 5.95. The number of amides is 1. The lowest BCUT2D eigenvalue weighted by molar-refractivity contribution is 0.0986. The molecule has 3 aromatic rings. The number of hydrogen-bond acceptors (Lipinski definition) is 4. The van der Waals surface area contributed by atoms with E-state index in [2.05, 4.69) is 0 Å².